The summed E-state index contributed by atoms with van der Waals surface area (Å²) in [5.41, 5.74) is 6.79. The molecule has 0 radical (unpaired) electrons. The molecule has 0 heterocycles. The van der Waals surface area contributed by atoms with Gasteiger partial charge >= 0.3 is 0 Å². The molecule has 0 fully saturated rings. The Balaban J connectivity index is 1.75. The molecule has 0 spiro atoms. The first kappa shape index (κ1) is 14.1. The number of primary amides is 1. The Morgan fingerprint density at radius 2 is 1.75 bits per heavy atom. The number of ether oxygens (including phenoxy) is 1. The summed E-state index contributed by atoms with van der Waals surface area (Å²) in [6.07, 6.45) is 0. The molecule has 0 aromatic heterocycles. The van der Waals surface area contributed by atoms with Gasteiger partial charge in [0, 0.05) is 18.7 Å². The lowest BCUT2D eigenvalue weighted by atomic mass is 10.1. The standard InChI is InChI=1S/C16H18N2O2/c17-16(19)15-9-5-4-6-13(15)12-18-10-11-20-14-7-2-1-3-8-14/h1-9,18H,10-12H2,(H2,17,19). The van der Waals surface area contributed by atoms with E-state index in [1.165, 1.54) is 0 Å². The van der Waals surface area contributed by atoms with Gasteiger partial charge in [0.05, 0.1) is 0 Å². The van der Waals surface area contributed by atoms with Gasteiger partial charge in [0.2, 0.25) is 5.91 Å². The van der Waals surface area contributed by atoms with Crippen molar-refractivity contribution in [3.05, 3.63) is 65.7 Å². The number of nitrogens with two attached hydrogens (primary N) is 1. The summed E-state index contributed by atoms with van der Waals surface area (Å²) in [4.78, 5) is 11.3. The highest BCUT2D eigenvalue weighted by Gasteiger charge is 2.05. The van der Waals surface area contributed by atoms with Gasteiger partial charge in [-0.25, -0.2) is 0 Å². The molecule has 20 heavy (non-hydrogen) atoms. The SMILES string of the molecule is NC(=O)c1ccccc1CNCCOc1ccccc1. The third kappa shape index (κ3) is 4.10. The summed E-state index contributed by atoms with van der Waals surface area (Å²) in [5, 5.41) is 3.23. The monoisotopic (exact) mass is 270 g/mol. The molecule has 2 aromatic carbocycles. The maximum atomic E-state index is 11.3. The minimum Gasteiger partial charge on any atom is -0.492 e. The normalized spacial score (nSPS) is 10.2. The van der Waals surface area contributed by atoms with E-state index < -0.39 is 5.91 Å². The number of hydrogen-bond donors (Lipinski definition) is 2. The first-order chi connectivity index (χ1) is 9.77. The van der Waals surface area contributed by atoms with E-state index in [1.54, 1.807) is 6.07 Å². The number of para-hydroxylation sites is 1. The van der Waals surface area contributed by atoms with Gasteiger partial charge in [-0.3, -0.25) is 4.79 Å². The van der Waals surface area contributed by atoms with Crippen LogP contribution in [-0.2, 0) is 6.54 Å². The molecule has 0 bridgehead atoms. The summed E-state index contributed by atoms with van der Waals surface area (Å²) in [6, 6.07) is 17.0. The highest BCUT2D eigenvalue weighted by Crippen LogP contribution is 2.08. The average Bonchev–Trinajstić information content (AvgIpc) is 2.48. The fourth-order valence-corrected chi connectivity index (χ4v) is 1.90. The Hall–Kier alpha value is -2.33. The lowest BCUT2D eigenvalue weighted by Crippen LogP contribution is -2.23. The first-order valence-electron chi connectivity index (χ1n) is 6.53. The first-order valence-corrected chi connectivity index (χ1v) is 6.53. The molecule has 0 atom stereocenters. The van der Waals surface area contributed by atoms with Crippen LogP contribution in [-0.4, -0.2) is 19.1 Å². The Kier molecular flexibility index (Phi) is 5.15. The quantitative estimate of drug-likeness (QED) is 0.756. The smallest absolute Gasteiger partial charge is 0.249 e. The Morgan fingerprint density at radius 1 is 1.05 bits per heavy atom. The topological polar surface area (TPSA) is 64.4 Å². The van der Waals surface area contributed by atoms with Gasteiger partial charge in [0.25, 0.3) is 0 Å². The van der Waals surface area contributed by atoms with Crippen molar-refractivity contribution in [1.29, 1.82) is 0 Å². The highest BCUT2D eigenvalue weighted by molar-refractivity contribution is 5.94. The number of benzene rings is 2. The second kappa shape index (κ2) is 7.31. The molecule has 2 rings (SSSR count). The number of carbonyl (C=O) groups excluding carboxylic acids is 1. The maximum absolute atomic E-state index is 11.3. The molecule has 0 aliphatic heterocycles. The van der Waals surface area contributed by atoms with Crippen LogP contribution in [0.5, 0.6) is 5.75 Å². The highest BCUT2D eigenvalue weighted by atomic mass is 16.5. The van der Waals surface area contributed by atoms with E-state index in [4.69, 9.17) is 10.5 Å². The summed E-state index contributed by atoms with van der Waals surface area (Å²) >= 11 is 0. The van der Waals surface area contributed by atoms with Crippen LogP contribution in [0, 0.1) is 0 Å². The van der Waals surface area contributed by atoms with E-state index in [9.17, 15) is 4.79 Å². The van der Waals surface area contributed by atoms with Gasteiger partial charge in [-0.15, -0.1) is 0 Å². The molecular formula is C16H18N2O2. The Morgan fingerprint density at radius 3 is 2.50 bits per heavy atom. The molecule has 4 heteroatoms. The van der Waals surface area contributed by atoms with Crippen molar-refractivity contribution in [1.82, 2.24) is 5.32 Å². The molecule has 1 amide bonds. The third-order valence-electron chi connectivity index (χ3n) is 2.89. The fourth-order valence-electron chi connectivity index (χ4n) is 1.90. The summed E-state index contributed by atoms with van der Waals surface area (Å²) in [7, 11) is 0. The molecule has 4 nitrogen and oxygen atoms in total. The predicted octanol–water partition coefficient (Wildman–Crippen LogP) is 1.95. The van der Waals surface area contributed by atoms with E-state index in [0.717, 1.165) is 11.3 Å². The number of carbonyl (C=O) groups is 1. The van der Waals surface area contributed by atoms with Crippen molar-refractivity contribution >= 4 is 5.91 Å². The third-order valence-corrected chi connectivity index (χ3v) is 2.89. The molecule has 3 N–H and O–H groups in total. The van der Waals surface area contributed by atoms with Crippen LogP contribution in [0.2, 0.25) is 0 Å². The van der Waals surface area contributed by atoms with Crippen molar-refractivity contribution in [2.24, 2.45) is 5.73 Å². The molecule has 0 aliphatic rings. The predicted molar refractivity (Wildman–Crippen MR) is 78.6 cm³/mol. The van der Waals surface area contributed by atoms with E-state index in [1.807, 2.05) is 48.5 Å². The van der Waals surface area contributed by atoms with Crippen LogP contribution < -0.4 is 15.8 Å². The summed E-state index contributed by atoms with van der Waals surface area (Å²) < 4.78 is 5.57. The molecule has 104 valence electrons. The molecule has 2 aromatic rings. The van der Waals surface area contributed by atoms with Crippen LogP contribution in [0.25, 0.3) is 0 Å². The number of rotatable bonds is 7. The number of hydrogen-bond acceptors (Lipinski definition) is 3. The van der Waals surface area contributed by atoms with E-state index in [2.05, 4.69) is 5.32 Å². The minimum absolute atomic E-state index is 0.400. The minimum atomic E-state index is -0.400. The van der Waals surface area contributed by atoms with Gasteiger partial charge in [0.15, 0.2) is 0 Å². The maximum Gasteiger partial charge on any atom is 0.249 e. The van der Waals surface area contributed by atoms with E-state index >= 15 is 0 Å². The lowest BCUT2D eigenvalue weighted by molar-refractivity contribution is 0.0999. The van der Waals surface area contributed by atoms with Crippen LogP contribution in [0.3, 0.4) is 0 Å². The second-order valence-electron chi connectivity index (χ2n) is 4.36. The fraction of sp³-hybridized carbons (Fsp3) is 0.188. The van der Waals surface area contributed by atoms with Gasteiger partial charge < -0.3 is 15.8 Å². The molecule has 0 aliphatic carbocycles. The van der Waals surface area contributed by atoms with E-state index in [0.29, 0.717) is 25.3 Å². The average molecular weight is 270 g/mol. The van der Waals surface area contributed by atoms with Crippen molar-refractivity contribution in [3.63, 3.8) is 0 Å². The molecule has 0 unspecified atom stereocenters. The summed E-state index contributed by atoms with van der Waals surface area (Å²) in [5.74, 6) is 0.453. The molecular weight excluding hydrogens is 252 g/mol. The van der Waals surface area contributed by atoms with Gasteiger partial charge in [-0.2, -0.15) is 0 Å². The van der Waals surface area contributed by atoms with Crippen LogP contribution >= 0.6 is 0 Å². The van der Waals surface area contributed by atoms with Crippen molar-refractivity contribution in [3.8, 4) is 5.75 Å². The summed E-state index contributed by atoms with van der Waals surface area (Å²) in [6.45, 7) is 1.86. The zero-order valence-corrected chi connectivity index (χ0v) is 11.2. The largest absolute Gasteiger partial charge is 0.492 e. The zero-order chi connectivity index (χ0) is 14.2. The number of nitrogens with one attached hydrogen (secondary N) is 1. The lowest BCUT2D eigenvalue weighted by Gasteiger charge is -2.09. The van der Waals surface area contributed by atoms with Crippen molar-refractivity contribution in [2.75, 3.05) is 13.2 Å². The molecule has 0 saturated heterocycles. The van der Waals surface area contributed by atoms with E-state index in [-0.39, 0.29) is 0 Å². The van der Waals surface area contributed by atoms with Gasteiger partial charge in [-0.1, -0.05) is 36.4 Å². The van der Waals surface area contributed by atoms with Crippen LogP contribution in [0.1, 0.15) is 15.9 Å². The molecule has 0 saturated carbocycles. The Bertz CT molecular complexity index is 555. The second-order valence-corrected chi connectivity index (χ2v) is 4.36. The van der Waals surface area contributed by atoms with Crippen LogP contribution in [0.15, 0.2) is 54.6 Å². The van der Waals surface area contributed by atoms with Gasteiger partial charge in [-0.05, 0) is 23.8 Å². The Labute approximate surface area is 118 Å². The van der Waals surface area contributed by atoms with Crippen LogP contribution in [0.4, 0.5) is 0 Å². The van der Waals surface area contributed by atoms with Crippen molar-refractivity contribution in [2.45, 2.75) is 6.54 Å². The van der Waals surface area contributed by atoms with Gasteiger partial charge in [0.1, 0.15) is 12.4 Å². The zero-order valence-electron chi connectivity index (χ0n) is 11.2. The number of amides is 1. The van der Waals surface area contributed by atoms with Crippen molar-refractivity contribution < 1.29 is 9.53 Å².